The smallest absolute Gasteiger partial charge is 0.262 e. The molecule has 0 fully saturated rings. The Kier molecular flexibility index (Phi) is 6.74. The van der Waals surface area contributed by atoms with Gasteiger partial charge in [0, 0.05) is 5.56 Å². The van der Waals surface area contributed by atoms with E-state index >= 15 is 0 Å². The maximum atomic E-state index is 12.9. The molecule has 7 heteroatoms. The first-order chi connectivity index (χ1) is 14.4. The van der Waals surface area contributed by atoms with Crippen LogP contribution in [0.3, 0.4) is 0 Å². The molecule has 0 radical (unpaired) electrons. The first-order valence-corrected chi connectivity index (χ1v) is 11.0. The van der Waals surface area contributed by atoms with Crippen LogP contribution in [0.15, 0.2) is 77.7 Å². The van der Waals surface area contributed by atoms with Crippen LogP contribution in [0.4, 0.5) is 5.69 Å². The predicted octanol–water partition coefficient (Wildman–Crippen LogP) is 3.91. The highest BCUT2D eigenvalue weighted by atomic mass is 32.2. The summed E-state index contributed by atoms with van der Waals surface area (Å²) in [6.45, 7) is 4.13. The Balaban J connectivity index is 1.68. The van der Waals surface area contributed by atoms with Gasteiger partial charge >= 0.3 is 0 Å². The highest BCUT2D eigenvalue weighted by Gasteiger charge is 2.20. The van der Waals surface area contributed by atoms with E-state index in [1.54, 1.807) is 31.2 Å². The molecule has 0 spiro atoms. The lowest BCUT2D eigenvalue weighted by Crippen LogP contribution is -2.28. The molecule has 3 aromatic rings. The number of ether oxygens (including phenoxy) is 1. The molecule has 0 bridgehead atoms. The van der Waals surface area contributed by atoms with E-state index in [0.717, 1.165) is 11.3 Å². The summed E-state index contributed by atoms with van der Waals surface area (Å²) in [6, 6.07) is 21.1. The number of nitrogens with one attached hydrogen (secondary N) is 2. The highest BCUT2D eigenvalue weighted by molar-refractivity contribution is 7.92. The molecule has 6 nitrogen and oxygen atoms in total. The van der Waals surface area contributed by atoms with Crippen molar-refractivity contribution in [1.82, 2.24) is 5.32 Å². The van der Waals surface area contributed by atoms with Crippen LogP contribution >= 0.6 is 0 Å². The number of amides is 1. The quantitative estimate of drug-likeness (QED) is 0.537. The van der Waals surface area contributed by atoms with Crippen LogP contribution < -0.4 is 14.8 Å². The van der Waals surface area contributed by atoms with Gasteiger partial charge in [0.15, 0.2) is 0 Å². The number of hydrogen-bond donors (Lipinski definition) is 2. The van der Waals surface area contributed by atoms with E-state index in [9.17, 15) is 13.2 Å². The summed E-state index contributed by atoms with van der Waals surface area (Å²) in [5.74, 6) is 0.358. The van der Waals surface area contributed by atoms with E-state index in [-0.39, 0.29) is 16.4 Å². The van der Waals surface area contributed by atoms with Gasteiger partial charge in [0.25, 0.3) is 15.9 Å². The maximum Gasteiger partial charge on any atom is 0.262 e. The van der Waals surface area contributed by atoms with Crippen LogP contribution in [0, 0.1) is 13.8 Å². The molecule has 0 aliphatic carbocycles. The molecule has 0 unspecified atom stereocenters. The van der Waals surface area contributed by atoms with Gasteiger partial charge in [0.2, 0.25) is 0 Å². The average Bonchev–Trinajstić information content (AvgIpc) is 2.73. The highest BCUT2D eigenvalue weighted by Crippen LogP contribution is 2.22. The van der Waals surface area contributed by atoms with Crippen LogP contribution in [0.25, 0.3) is 0 Å². The maximum absolute atomic E-state index is 12.9. The van der Waals surface area contributed by atoms with Crippen molar-refractivity contribution in [1.29, 1.82) is 0 Å². The Labute approximate surface area is 177 Å². The Hall–Kier alpha value is -3.32. The lowest BCUT2D eigenvalue weighted by atomic mass is 10.1. The van der Waals surface area contributed by atoms with Crippen molar-refractivity contribution in [3.63, 3.8) is 0 Å². The van der Waals surface area contributed by atoms with Crippen molar-refractivity contribution in [2.75, 3.05) is 17.9 Å². The van der Waals surface area contributed by atoms with E-state index in [1.165, 1.54) is 6.07 Å². The summed E-state index contributed by atoms with van der Waals surface area (Å²) in [4.78, 5) is 12.5. The van der Waals surface area contributed by atoms with Crippen molar-refractivity contribution in [3.8, 4) is 5.75 Å². The number of benzene rings is 3. The van der Waals surface area contributed by atoms with Gasteiger partial charge in [-0.3, -0.25) is 9.52 Å². The Bertz CT molecular complexity index is 1130. The zero-order valence-corrected chi connectivity index (χ0v) is 17.7. The number of aryl methyl sites for hydroxylation is 2. The summed E-state index contributed by atoms with van der Waals surface area (Å²) in [5, 5.41) is 2.75. The van der Waals surface area contributed by atoms with Crippen molar-refractivity contribution < 1.29 is 17.9 Å². The molecule has 30 heavy (non-hydrogen) atoms. The van der Waals surface area contributed by atoms with E-state index in [1.807, 2.05) is 49.4 Å². The predicted molar refractivity (Wildman–Crippen MR) is 117 cm³/mol. The Morgan fingerprint density at radius 3 is 2.33 bits per heavy atom. The number of anilines is 1. The van der Waals surface area contributed by atoms with Crippen LogP contribution in [0.1, 0.15) is 21.5 Å². The van der Waals surface area contributed by atoms with Crippen LogP contribution in [0.2, 0.25) is 0 Å². The monoisotopic (exact) mass is 424 g/mol. The molecule has 3 aromatic carbocycles. The fourth-order valence-electron chi connectivity index (χ4n) is 2.87. The molecule has 0 aliphatic rings. The fraction of sp³-hybridized carbons (Fsp3) is 0.174. The van der Waals surface area contributed by atoms with E-state index in [0.29, 0.717) is 24.4 Å². The molecule has 0 atom stereocenters. The minimum atomic E-state index is -3.84. The fourth-order valence-corrected chi connectivity index (χ4v) is 4.27. The minimum absolute atomic E-state index is 0.0685. The number of carbonyl (C=O) groups is 1. The largest absolute Gasteiger partial charge is 0.492 e. The minimum Gasteiger partial charge on any atom is -0.492 e. The average molecular weight is 425 g/mol. The molecule has 0 saturated heterocycles. The Morgan fingerprint density at radius 1 is 0.900 bits per heavy atom. The van der Waals surface area contributed by atoms with Crippen molar-refractivity contribution in [2.45, 2.75) is 18.7 Å². The van der Waals surface area contributed by atoms with Gasteiger partial charge in [-0.25, -0.2) is 8.42 Å². The first-order valence-electron chi connectivity index (χ1n) is 9.52. The molecule has 1 amide bonds. The lowest BCUT2D eigenvalue weighted by molar-refractivity contribution is 0.0947. The Morgan fingerprint density at radius 2 is 1.60 bits per heavy atom. The van der Waals surface area contributed by atoms with E-state index < -0.39 is 10.0 Å². The van der Waals surface area contributed by atoms with Gasteiger partial charge in [-0.2, -0.15) is 0 Å². The summed E-state index contributed by atoms with van der Waals surface area (Å²) in [7, 11) is -3.84. The zero-order chi connectivity index (χ0) is 21.6. The summed E-state index contributed by atoms with van der Waals surface area (Å²) in [6.07, 6.45) is 0. The molecular formula is C23H24N2O4S. The normalized spacial score (nSPS) is 11.0. The third-order valence-electron chi connectivity index (χ3n) is 4.53. The SMILES string of the molecule is Cc1ccccc1NS(=O)(=O)c1cc(C(=O)NCCOc2ccccc2)ccc1C. The number of hydrogen-bond acceptors (Lipinski definition) is 4. The molecular weight excluding hydrogens is 400 g/mol. The van der Waals surface area contributed by atoms with Gasteiger partial charge in [-0.05, 0) is 55.3 Å². The van der Waals surface area contributed by atoms with Crippen LogP contribution in [-0.4, -0.2) is 27.5 Å². The third-order valence-corrected chi connectivity index (χ3v) is 6.04. The molecule has 2 N–H and O–H groups in total. The van der Waals surface area contributed by atoms with E-state index in [4.69, 9.17) is 4.74 Å². The summed E-state index contributed by atoms with van der Waals surface area (Å²) < 4.78 is 34.0. The van der Waals surface area contributed by atoms with Gasteiger partial charge < -0.3 is 10.1 Å². The third kappa shape index (κ3) is 5.39. The van der Waals surface area contributed by atoms with E-state index in [2.05, 4.69) is 10.0 Å². The standard InChI is InChI=1S/C23H24N2O4S/c1-17-8-6-7-11-21(17)25-30(27,28)22-16-19(13-12-18(22)2)23(26)24-14-15-29-20-9-4-3-5-10-20/h3-13,16,25H,14-15H2,1-2H3,(H,24,26). The first kappa shape index (κ1) is 21.4. The van der Waals surface area contributed by atoms with Crippen LogP contribution in [-0.2, 0) is 10.0 Å². The second-order valence-electron chi connectivity index (χ2n) is 6.82. The number of sulfonamides is 1. The molecule has 0 heterocycles. The van der Waals surface area contributed by atoms with Crippen molar-refractivity contribution in [2.24, 2.45) is 0 Å². The van der Waals surface area contributed by atoms with Crippen molar-refractivity contribution >= 4 is 21.6 Å². The van der Waals surface area contributed by atoms with Gasteiger partial charge in [-0.1, -0.05) is 42.5 Å². The number of rotatable bonds is 8. The second kappa shape index (κ2) is 9.45. The lowest BCUT2D eigenvalue weighted by Gasteiger charge is -2.13. The van der Waals surface area contributed by atoms with Gasteiger partial charge in [0.1, 0.15) is 12.4 Å². The molecule has 156 valence electrons. The topological polar surface area (TPSA) is 84.5 Å². The molecule has 3 rings (SSSR count). The zero-order valence-electron chi connectivity index (χ0n) is 16.9. The van der Waals surface area contributed by atoms with Crippen molar-refractivity contribution in [3.05, 3.63) is 89.5 Å². The summed E-state index contributed by atoms with van der Waals surface area (Å²) >= 11 is 0. The molecule has 0 aromatic heterocycles. The molecule has 0 aliphatic heterocycles. The van der Waals surface area contributed by atoms with Gasteiger partial charge in [0.05, 0.1) is 17.1 Å². The second-order valence-corrected chi connectivity index (χ2v) is 8.47. The van der Waals surface area contributed by atoms with Crippen LogP contribution in [0.5, 0.6) is 5.75 Å². The number of carbonyl (C=O) groups excluding carboxylic acids is 1. The molecule has 0 saturated carbocycles. The number of para-hydroxylation sites is 2. The van der Waals surface area contributed by atoms with Gasteiger partial charge in [-0.15, -0.1) is 0 Å². The summed E-state index contributed by atoms with van der Waals surface area (Å²) in [5.41, 5.74) is 2.14.